The maximum Gasteiger partial charge on any atom is 0.695 e. The van der Waals surface area contributed by atoms with Crippen molar-refractivity contribution >= 4 is 91.5 Å². The number of amides is 2. The van der Waals surface area contributed by atoms with Gasteiger partial charge in [0, 0.05) is 20.3 Å². The summed E-state index contributed by atoms with van der Waals surface area (Å²) >= 11 is 9.56. The number of rotatable bonds is 20. The number of fused-ring (bicyclic) bond motifs is 2. The topological polar surface area (TPSA) is 342 Å². The van der Waals surface area contributed by atoms with E-state index in [2.05, 4.69) is 45.1 Å². The lowest BCUT2D eigenvalue weighted by Crippen LogP contribution is -2.39. The smallest absolute Gasteiger partial charge is 0.497 e. The third-order valence-corrected chi connectivity index (χ3v) is 15.0. The van der Waals surface area contributed by atoms with Gasteiger partial charge in [0.1, 0.15) is 42.0 Å². The van der Waals surface area contributed by atoms with Crippen LogP contribution < -0.4 is 20.1 Å². The molecule has 2 unspecified atom stereocenters. The van der Waals surface area contributed by atoms with Gasteiger partial charge in [-0.3, -0.25) is 18.7 Å². The Morgan fingerprint density at radius 2 is 0.989 bits per heavy atom. The first kappa shape index (κ1) is 65.0. The van der Waals surface area contributed by atoms with Crippen LogP contribution in [0.25, 0.3) is 22.3 Å². The molecule has 10 atom stereocenters. The summed E-state index contributed by atoms with van der Waals surface area (Å²) < 4.78 is 96.5. The highest BCUT2D eigenvalue weighted by molar-refractivity contribution is 7.32. The van der Waals surface area contributed by atoms with Crippen molar-refractivity contribution in [2.75, 3.05) is 38.1 Å². The Morgan fingerprint density at radius 3 is 1.37 bits per heavy atom. The Balaban J connectivity index is 0.000000219. The van der Waals surface area contributed by atoms with Crippen LogP contribution in [0, 0.1) is 0 Å². The lowest BCUT2D eigenvalue weighted by atomic mass is 9.80. The number of carbonyl (C=O) groups is 3. The summed E-state index contributed by atoms with van der Waals surface area (Å²) in [5.74, 6) is -0.558. The molecule has 0 saturated carbocycles. The number of hydrogen-bond donors (Lipinski definition) is 6. The molecule has 0 spiro atoms. The maximum atomic E-state index is 16.5. The number of aromatic nitrogens is 8. The van der Waals surface area contributed by atoms with Crippen LogP contribution in [0.5, 0.6) is 11.5 Å². The second kappa shape index (κ2) is 29.7. The molecule has 0 aliphatic carbocycles. The molecular formula is C57H52Cl2F2N10O16P2+2. The lowest BCUT2D eigenvalue weighted by molar-refractivity contribution is -0.135. The van der Waals surface area contributed by atoms with Crippen LogP contribution in [0.3, 0.4) is 0 Å². The zero-order valence-corrected chi connectivity index (χ0v) is 49.7. The number of carboxylic acids is 1. The number of nitrogens with zero attached hydrogens (tertiary/aromatic N) is 8. The molecule has 6 heterocycles. The number of ether oxygens (including phenoxy) is 5. The molecule has 2 aliphatic heterocycles. The predicted octanol–water partition coefficient (Wildman–Crippen LogP) is 8.59. The average Bonchev–Trinajstić information content (AvgIpc) is 2.37. The quantitative estimate of drug-likeness (QED) is 0.0236. The van der Waals surface area contributed by atoms with E-state index in [0.29, 0.717) is 33.8 Å². The minimum Gasteiger partial charge on any atom is -0.497 e. The van der Waals surface area contributed by atoms with Crippen LogP contribution in [0.1, 0.15) is 49.9 Å². The summed E-state index contributed by atoms with van der Waals surface area (Å²) in [6, 6.07) is 41.2. The molecule has 6 N–H and O–H groups in total. The second-order valence-electron chi connectivity index (χ2n) is 19.0. The number of carboxylic acid groups (broad SMARTS) is 1. The summed E-state index contributed by atoms with van der Waals surface area (Å²) in [5.41, 5.74) is 2.38. The van der Waals surface area contributed by atoms with Crippen LogP contribution in [0.4, 0.5) is 20.4 Å². The number of aliphatic hydroxyl groups is 1. The van der Waals surface area contributed by atoms with Gasteiger partial charge < -0.3 is 44.5 Å². The van der Waals surface area contributed by atoms with E-state index in [1.54, 1.807) is 74.9 Å². The normalized spacial score (nSPS) is 20.0. The van der Waals surface area contributed by atoms with Crippen molar-refractivity contribution in [3.05, 3.63) is 193 Å². The first-order valence-corrected chi connectivity index (χ1v) is 29.5. The molecule has 0 radical (unpaired) electrons. The van der Waals surface area contributed by atoms with Gasteiger partial charge in [0.2, 0.25) is 4.84 Å². The van der Waals surface area contributed by atoms with Crippen molar-refractivity contribution in [1.82, 2.24) is 39.0 Å². The fourth-order valence-corrected chi connectivity index (χ4v) is 10.6. The van der Waals surface area contributed by atoms with E-state index in [-0.39, 0.29) is 40.6 Å². The third kappa shape index (κ3) is 14.8. The van der Waals surface area contributed by atoms with Gasteiger partial charge in [0.25, 0.3) is 11.8 Å². The van der Waals surface area contributed by atoms with Gasteiger partial charge in [-0.05, 0) is 65.2 Å². The number of carbonyl (C=O) groups excluding carboxylic acids is 2. The molecule has 0 bridgehead atoms. The molecule has 9 aromatic rings. The molecule has 89 heavy (non-hydrogen) atoms. The zero-order valence-electron chi connectivity index (χ0n) is 46.4. The molecule has 2 saturated heterocycles. The summed E-state index contributed by atoms with van der Waals surface area (Å²) in [7, 11) is -3.20. The van der Waals surface area contributed by atoms with E-state index < -0.39 is 101 Å². The van der Waals surface area contributed by atoms with E-state index in [0.717, 1.165) is 5.56 Å². The van der Waals surface area contributed by atoms with Gasteiger partial charge in [-0.1, -0.05) is 114 Å². The van der Waals surface area contributed by atoms with Crippen LogP contribution in [-0.4, -0.2) is 146 Å². The number of halogens is 4. The van der Waals surface area contributed by atoms with Crippen LogP contribution >= 0.6 is 39.7 Å². The van der Waals surface area contributed by atoms with Crippen LogP contribution in [0.15, 0.2) is 165 Å². The van der Waals surface area contributed by atoms with Gasteiger partial charge in [-0.25, -0.2) is 43.5 Å². The average molecular weight is 1300 g/mol. The van der Waals surface area contributed by atoms with E-state index in [1.165, 1.54) is 34.4 Å². The van der Waals surface area contributed by atoms with Crippen molar-refractivity contribution in [1.29, 1.82) is 0 Å². The summed E-state index contributed by atoms with van der Waals surface area (Å²) in [6.07, 6.45) is -7.01. The number of hydrogen-bond acceptors (Lipinski definition) is 19. The minimum absolute atomic E-state index is 0.105. The van der Waals surface area contributed by atoms with Gasteiger partial charge in [0.05, 0.1) is 40.1 Å². The molecule has 11 rings (SSSR count). The SMILES string of the molecule is COc1ccc(C(OC[C@H]2O[C@@H](n3cnc4c(NC(=O)c5ccccc5)ncnc43)[C@H](F)[C@@H]2O[P+](=O)O)(c2ccccc2)c2ccc(OC)cc2)cc1.O=C(Nc1ncnc2c1ncn2[C@@H]1O[C@H](CO)[C@@H](O[P+](=O)O)[C@H]1F)c1ccccc1.O=C(O)C(Cl)Cl. The molecule has 2 aliphatic rings. The van der Waals surface area contributed by atoms with Crippen molar-refractivity contribution in [2.24, 2.45) is 0 Å². The zero-order chi connectivity index (χ0) is 63.4. The van der Waals surface area contributed by atoms with Crippen molar-refractivity contribution in [3.63, 3.8) is 0 Å². The maximum absolute atomic E-state index is 16.5. The van der Waals surface area contributed by atoms with E-state index in [1.807, 2.05) is 78.9 Å². The van der Waals surface area contributed by atoms with Gasteiger partial charge in [-0.2, -0.15) is 0 Å². The first-order chi connectivity index (χ1) is 42.9. The number of methoxy groups -OCH3 is 2. The van der Waals surface area contributed by atoms with Gasteiger partial charge in [0.15, 0.2) is 71.0 Å². The largest absolute Gasteiger partial charge is 0.695 e. The van der Waals surface area contributed by atoms with E-state index in [9.17, 15) is 37.9 Å². The number of aliphatic carboxylic acids is 1. The Labute approximate surface area is 515 Å². The number of imidazole rings is 2. The lowest BCUT2D eigenvalue weighted by Gasteiger charge is -2.37. The fourth-order valence-electron chi connectivity index (χ4n) is 9.66. The van der Waals surface area contributed by atoms with Crippen molar-refractivity contribution < 1.29 is 85.0 Å². The molecule has 5 aromatic carbocycles. The molecule has 2 fully saturated rings. The van der Waals surface area contributed by atoms with E-state index in [4.69, 9.17) is 61.4 Å². The highest BCUT2D eigenvalue weighted by Gasteiger charge is 2.54. The number of alkyl halides is 4. The molecule has 4 aromatic heterocycles. The summed E-state index contributed by atoms with van der Waals surface area (Å²) in [4.78, 5) is 77.3. The Kier molecular flexibility index (Phi) is 21.7. The number of benzene rings is 5. The highest BCUT2D eigenvalue weighted by atomic mass is 35.5. The number of aliphatic hydroxyl groups excluding tert-OH is 1. The third-order valence-electron chi connectivity index (χ3n) is 13.8. The fraction of sp³-hybridized carbons (Fsp3) is 0.246. The van der Waals surface area contributed by atoms with Gasteiger partial charge in [-0.15, -0.1) is 18.8 Å². The number of nitrogens with one attached hydrogen (secondary N) is 2. The first-order valence-electron chi connectivity index (χ1n) is 26.4. The molecular weight excluding hydrogens is 1250 g/mol. The van der Waals surface area contributed by atoms with Crippen LogP contribution in [0.2, 0.25) is 0 Å². The molecule has 32 heteroatoms. The second-order valence-corrected chi connectivity index (χ2v) is 21.5. The predicted molar refractivity (Wildman–Crippen MR) is 315 cm³/mol. The monoisotopic (exact) mass is 1300 g/mol. The van der Waals surface area contributed by atoms with Crippen molar-refractivity contribution in [2.45, 2.75) is 59.7 Å². The minimum atomic E-state index is -3.25. The van der Waals surface area contributed by atoms with Crippen molar-refractivity contribution in [3.8, 4) is 11.5 Å². The highest BCUT2D eigenvalue weighted by Crippen LogP contribution is 2.45. The molecule has 2 amide bonds. The number of anilines is 2. The molecule has 26 nitrogen and oxygen atoms in total. The van der Waals surface area contributed by atoms with Crippen LogP contribution in [-0.2, 0) is 42.8 Å². The van der Waals surface area contributed by atoms with Gasteiger partial charge >= 0.3 is 22.5 Å². The summed E-state index contributed by atoms with van der Waals surface area (Å²) in [6.45, 7) is -0.914. The Morgan fingerprint density at radius 1 is 0.607 bits per heavy atom. The Bertz CT molecular complexity index is 3870. The van der Waals surface area contributed by atoms with E-state index >= 15 is 4.39 Å². The standard InChI is InChI=1S/C38H33FN5O8P.C17H15FN5O6P.C2H2Cl2O2/c1-48-28-17-13-26(14-18-28)38(25-11-7-4-8-12-25,27-15-19-29(49-2)20-16-27)50-21-30-33(52-53(46)47)31(39)37(51-30)44-23-42-32-34(40-22-41-35(32)44)43-36(45)24-9-5-3-6-10-24;18-11-13(29-30(26)27)10(6-24)28-17(11)23-8-21-12-14(19-7-20-15(12)23)22-16(25)9-4-2-1-3-5-9;3-1(4)2(5)6/h3-20,22-23,30-31,33,37H,21H2,1-2H3,(H-,40,41,43,45,46,47);1-5,7-8,10-11,13,17,24H,6H2,(H-,19,20,22,25,26,27);1H,(H,5,6)/p+2/t30-,31-,33-,37-;10-,11-,13-,17-;/m11./s1. The Hall–Kier alpha value is -8.47. The molecule has 462 valence electrons. The summed E-state index contributed by atoms with van der Waals surface area (Å²) in [5, 5.41) is 22.5.